The summed E-state index contributed by atoms with van der Waals surface area (Å²) in [6, 6.07) is 0.347. The van der Waals surface area contributed by atoms with E-state index in [9.17, 15) is 5.11 Å². The zero-order valence-corrected chi connectivity index (χ0v) is 13.3. The summed E-state index contributed by atoms with van der Waals surface area (Å²) in [5, 5.41) is 15.6. The van der Waals surface area contributed by atoms with Crippen molar-refractivity contribution in [3.8, 4) is 0 Å². The van der Waals surface area contributed by atoms with E-state index >= 15 is 0 Å². The molecule has 2 atom stereocenters. The summed E-state index contributed by atoms with van der Waals surface area (Å²) >= 11 is 3.66. The minimum absolute atomic E-state index is 0.347. The molecular weight excluding hydrogens is 306 g/mol. The summed E-state index contributed by atoms with van der Waals surface area (Å²) in [6.07, 6.45) is 4.86. The molecule has 2 aliphatic rings. The lowest BCUT2D eigenvalue weighted by Gasteiger charge is -2.30. The summed E-state index contributed by atoms with van der Waals surface area (Å²) in [6.45, 7) is 4.30. The van der Waals surface area contributed by atoms with E-state index in [-0.39, 0.29) is 0 Å². The van der Waals surface area contributed by atoms with Crippen molar-refractivity contribution in [3.05, 3.63) is 15.9 Å². The second-order valence-electron chi connectivity index (χ2n) is 5.91. The molecule has 0 saturated carbocycles. The predicted molar refractivity (Wildman–Crippen MR) is 78.2 cm³/mol. The molecule has 0 bridgehead atoms. The van der Waals surface area contributed by atoms with Gasteiger partial charge in [0.2, 0.25) is 0 Å². The van der Waals surface area contributed by atoms with E-state index in [2.05, 4.69) is 32.9 Å². The first-order chi connectivity index (χ1) is 9.05. The van der Waals surface area contributed by atoms with Gasteiger partial charge in [-0.15, -0.1) is 0 Å². The van der Waals surface area contributed by atoms with Gasteiger partial charge in [-0.2, -0.15) is 5.10 Å². The maximum absolute atomic E-state index is 11.0. The van der Waals surface area contributed by atoms with Gasteiger partial charge >= 0.3 is 0 Å². The van der Waals surface area contributed by atoms with Gasteiger partial charge in [-0.1, -0.05) is 6.92 Å². The topological polar surface area (TPSA) is 41.3 Å². The Kier molecular flexibility index (Phi) is 3.48. The number of hydrogen-bond acceptors (Lipinski definition) is 3. The van der Waals surface area contributed by atoms with E-state index < -0.39 is 5.60 Å². The number of hydrogen-bond donors (Lipinski definition) is 1. The first-order valence-corrected chi connectivity index (χ1v) is 8.01. The molecule has 0 radical (unpaired) electrons. The standard InChI is InChI=1S/C14H22BrN3O/c1-3-10-13(15)11(17(2)16-10)9-14(19)6-8-18-7-4-5-12(14)18/h12,19H,3-9H2,1-2H3. The van der Waals surface area contributed by atoms with E-state index in [1.807, 2.05) is 11.7 Å². The Hall–Kier alpha value is -0.390. The molecule has 1 aromatic rings. The number of halogens is 1. The summed E-state index contributed by atoms with van der Waals surface area (Å²) < 4.78 is 3.01. The summed E-state index contributed by atoms with van der Waals surface area (Å²) in [7, 11) is 1.98. The van der Waals surface area contributed by atoms with Gasteiger partial charge in [0.15, 0.2) is 0 Å². The van der Waals surface area contributed by atoms with Crippen molar-refractivity contribution in [1.29, 1.82) is 0 Å². The van der Waals surface area contributed by atoms with Crippen LogP contribution >= 0.6 is 15.9 Å². The van der Waals surface area contributed by atoms with Crippen LogP contribution in [0, 0.1) is 0 Å². The third kappa shape index (κ3) is 2.16. The maximum Gasteiger partial charge on any atom is 0.0869 e. The fourth-order valence-electron chi connectivity index (χ4n) is 3.71. The fourth-order valence-corrected chi connectivity index (χ4v) is 4.47. The van der Waals surface area contributed by atoms with E-state index in [1.165, 1.54) is 6.42 Å². The number of aromatic nitrogens is 2. The molecule has 1 N–H and O–H groups in total. The molecule has 2 unspecified atom stereocenters. The van der Waals surface area contributed by atoms with Crippen LogP contribution in [0.5, 0.6) is 0 Å². The van der Waals surface area contributed by atoms with Crippen LogP contribution < -0.4 is 0 Å². The molecule has 106 valence electrons. The quantitative estimate of drug-likeness (QED) is 0.921. The minimum Gasteiger partial charge on any atom is -0.388 e. The van der Waals surface area contributed by atoms with E-state index in [4.69, 9.17) is 0 Å². The van der Waals surface area contributed by atoms with E-state index in [0.717, 1.165) is 48.2 Å². The van der Waals surface area contributed by atoms with Crippen LogP contribution in [0.2, 0.25) is 0 Å². The molecule has 3 heterocycles. The minimum atomic E-state index is -0.572. The molecule has 0 aromatic carbocycles. The van der Waals surface area contributed by atoms with Crippen LogP contribution in [0.4, 0.5) is 0 Å². The van der Waals surface area contributed by atoms with Gasteiger partial charge in [0.1, 0.15) is 0 Å². The van der Waals surface area contributed by atoms with Crippen molar-refractivity contribution in [2.24, 2.45) is 7.05 Å². The SMILES string of the molecule is CCc1nn(C)c(CC2(O)CCN3CCCC32)c1Br. The number of aliphatic hydroxyl groups is 1. The molecule has 5 heteroatoms. The molecular formula is C14H22BrN3O. The second kappa shape index (κ2) is 4.86. The van der Waals surface area contributed by atoms with Crippen LogP contribution in [-0.2, 0) is 19.9 Å². The lowest BCUT2D eigenvalue weighted by atomic mass is 9.88. The van der Waals surface area contributed by atoms with Gasteiger partial charge in [-0.3, -0.25) is 9.58 Å². The zero-order chi connectivity index (χ0) is 13.6. The third-order valence-electron chi connectivity index (χ3n) is 4.79. The average Bonchev–Trinajstić information content (AvgIpc) is 3.03. The van der Waals surface area contributed by atoms with Crippen LogP contribution in [-0.4, -0.2) is 44.5 Å². The highest BCUT2D eigenvalue weighted by atomic mass is 79.9. The van der Waals surface area contributed by atoms with Gasteiger partial charge in [0.05, 0.1) is 21.5 Å². The number of aryl methyl sites for hydroxylation is 2. The Morgan fingerprint density at radius 1 is 1.47 bits per heavy atom. The Labute approximate surface area is 122 Å². The summed E-state index contributed by atoms with van der Waals surface area (Å²) in [5.74, 6) is 0. The number of nitrogens with zero attached hydrogens (tertiary/aromatic N) is 3. The van der Waals surface area contributed by atoms with Crippen LogP contribution in [0.15, 0.2) is 4.47 Å². The third-order valence-corrected chi connectivity index (χ3v) is 5.71. The molecule has 1 aromatic heterocycles. The highest BCUT2D eigenvalue weighted by Gasteiger charge is 2.48. The Morgan fingerprint density at radius 3 is 2.95 bits per heavy atom. The monoisotopic (exact) mass is 327 g/mol. The second-order valence-corrected chi connectivity index (χ2v) is 6.70. The van der Waals surface area contributed by atoms with E-state index in [0.29, 0.717) is 12.5 Å². The lowest BCUT2D eigenvalue weighted by molar-refractivity contribution is 0.0123. The van der Waals surface area contributed by atoms with Gasteiger partial charge < -0.3 is 5.11 Å². The van der Waals surface area contributed by atoms with Crippen LogP contribution in [0.1, 0.15) is 37.6 Å². The van der Waals surface area contributed by atoms with Crippen molar-refractivity contribution in [2.75, 3.05) is 13.1 Å². The normalized spacial score (nSPS) is 31.1. The Bertz CT molecular complexity index is 487. The van der Waals surface area contributed by atoms with Gasteiger partial charge in [-0.25, -0.2) is 0 Å². The highest BCUT2D eigenvalue weighted by molar-refractivity contribution is 9.10. The highest BCUT2D eigenvalue weighted by Crippen LogP contribution is 2.39. The largest absolute Gasteiger partial charge is 0.388 e. The maximum atomic E-state index is 11.0. The smallest absolute Gasteiger partial charge is 0.0869 e. The van der Waals surface area contributed by atoms with Crippen LogP contribution in [0.25, 0.3) is 0 Å². The van der Waals surface area contributed by atoms with Gasteiger partial charge in [0.25, 0.3) is 0 Å². The predicted octanol–water partition coefficient (Wildman–Crippen LogP) is 1.89. The molecule has 2 saturated heterocycles. The van der Waals surface area contributed by atoms with E-state index in [1.54, 1.807) is 0 Å². The van der Waals surface area contributed by atoms with Crippen molar-refractivity contribution in [1.82, 2.24) is 14.7 Å². The summed E-state index contributed by atoms with van der Waals surface area (Å²) in [4.78, 5) is 2.45. The summed E-state index contributed by atoms with van der Waals surface area (Å²) in [5.41, 5.74) is 1.65. The molecule has 19 heavy (non-hydrogen) atoms. The molecule has 0 amide bonds. The number of rotatable bonds is 3. The van der Waals surface area contributed by atoms with Crippen LogP contribution in [0.3, 0.4) is 0 Å². The lowest BCUT2D eigenvalue weighted by Crippen LogP contribution is -2.43. The zero-order valence-electron chi connectivity index (χ0n) is 11.7. The molecule has 4 nitrogen and oxygen atoms in total. The van der Waals surface area contributed by atoms with Crippen molar-refractivity contribution in [3.63, 3.8) is 0 Å². The fraction of sp³-hybridized carbons (Fsp3) is 0.786. The first-order valence-electron chi connectivity index (χ1n) is 7.22. The Morgan fingerprint density at radius 2 is 2.26 bits per heavy atom. The van der Waals surface area contributed by atoms with Gasteiger partial charge in [0, 0.05) is 26.1 Å². The molecule has 3 rings (SSSR count). The molecule has 2 aliphatic heterocycles. The van der Waals surface area contributed by atoms with Crippen molar-refractivity contribution < 1.29 is 5.11 Å². The molecule has 0 spiro atoms. The molecule has 0 aliphatic carbocycles. The molecule has 2 fully saturated rings. The first kappa shape index (κ1) is 13.6. The number of fused-ring (bicyclic) bond motifs is 1. The Balaban J connectivity index is 1.87. The van der Waals surface area contributed by atoms with Gasteiger partial charge in [-0.05, 0) is 48.2 Å². The van der Waals surface area contributed by atoms with Crippen molar-refractivity contribution >= 4 is 15.9 Å². The van der Waals surface area contributed by atoms with Crippen molar-refractivity contribution in [2.45, 2.75) is 50.7 Å². The average molecular weight is 328 g/mol.